The van der Waals surface area contributed by atoms with Crippen LogP contribution in [-0.2, 0) is 11.2 Å². The fraction of sp³-hybridized carbons (Fsp3) is 0.500. The van der Waals surface area contributed by atoms with E-state index in [4.69, 9.17) is 5.11 Å². The quantitative estimate of drug-likeness (QED) is 0.728. The van der Waals surface area contributed by atoms with Crippen molar-refractivity contribution in [2.75, 3.05) is 0 Å². The van der Waals surface area contributed by atoms with Crippen LogP contribution in [0.3, 0.4) is 0 Å². The van der Waals surface area contributed by atoms with Crippen LogP contribution in [0.2, 0.25) is 0 Å². The van der Waals surface area contributed by atoms with Crippen molar-refractivity contribution in [3.05, 3.63) is 33.7 Å². The summed E-state index contributed by atoms with van der Waals surface area (Å²) < 4.78 is 0. The molecule has 0 aliphatic heterocycles. The molecule has 0 spiro atoms. The van der Waals surface area contributed by atoms with Gasteiger partial charge in [-0.15, -0.1) is 0 Å². The number of aliphatic carboxylic acids is 1. The number of carbonyl (C=O) groups is 2. The van der Waals surface area contributed by atoms with E-state index in [1.807, 2.05) is 13.8 Å². The van der Waals surface area contributed by atoms with E-state index < -0.39 is 17.9 Å². The van der Waals surface area contributed by atoms with E-state index in [1.54, 1.807) is 13.0 Å². The molecule has 1 amide bonds. The summed E-state index contributed by atoms with van der Waals surface area (Å²) in [6.07, 6.45) is 0.509. The summed E-state index contributed by atoms with van der Waals surface area (Å²) in [5, 5.41) is 11.2. The smallest absolute Gasteiger partial charge is 0.305 e. The number of nitrogens with one attached hydrogen (secondary N) is 2. The summed E-state index contributed by atoms with van der Waals surface area (Å²) in [4.78, 5) is 36.7. The van der Waals surface area contributed by atoms with Crippen LogP contribution >= 0.6 is 0 Å². The van der Waals surface area contributed by atoms with Crippen LogP contribution < -0.4 is 10.9 Å². The van der Waals surface area contributed by atoms with E-state index in [2.05, 4.69) is 10.3 Å². The second kappa shape index (κ2) is 6.88. The highest BCUT2D eigenvalue weighted by Crippen LogP contribution is 2.06. The monoisotopic (exact) mass is 280 g/mol. The fourth-order valence-electron chi connectivity index (χ4n) is 1.90. The summed E-state index contributed by atoms with van der Waals surface area (Å²) in [7, 11) is 0. The second-order valence-corrected chi connectivity index (χ2v) is 5.33. The van der Waals surface area contributed by atoms with E-state index >= 15 is 0 Å². The largest absolute Gasteiger partial charge is 0.481 e. The molecule has 3 N–H and O–H groups in total. The third kappa shape index (κ3) is 5.26. The van der Waals surface area contributed by atoms with Crippen molar-refractivity contribution in [3.63, 3.8) is 0 Å². The molecule has 0 aliphatic carbocycles. The van der Waals surface area contributed by atoms with Crippen molar-refractivity contribution in [3.8, 4) is 0 Å². The zero-order chi connectivity index (χ0) is 15.3. The number of pyridine rings is 1. The normalized spacial score (nSPS) is 12.2. The van der Waals surface area contributed by atoms with Crippen molar-refractivity contribution < 1.29 is 14.7 Å². The molecule has 0 fully saturated rings. The van der Waals surface area contributed by atoms with Crippen LogP contribution in [0.1, 0.15) is 43.2 Å². The zero-order valence-electron chi connectivity index (χ0n) is 11.9. The molecule has 1 rings (SSSR count). The molecular weight excluding hydrogens is 260 g/mol. The lowest BCUT2D eigenvalue weighted by molar-refractivity contribution is -0.137. The number of H-pyrrole nitrogens is 1. The predicted molar refractivity (Wildman–Crippen MR) is 74.8 cm³/mol. The van der Waals surface area contributed by atoms with Gasteiger partial charge < -0.3 is 15.4 Å². The molecule has 0 aromatic carbocycles. The Morgan fingerprint density at radius 2 is 1.95 bits per heavy atom. The molecule has 1 atom stereocenters. The third-order valence-corrected chi connectivity index (χ3v) is 2.65. The molecule has 6 nitrogen and oxygen atoms in total. The number of aromatic nitrogens is 1. The molecule has 20 heavy (non-hydrogen) atoms. The van der Waals surface area contributed by atoms with Gasteiger partial charge in [0, 0.05) is 23.4 Å². The van der Waals surface area contributed by atoms with Crippen molar-refractivity contribution in [1.82, 2.24) is 10.3 Å². The van der Waals surface area contributed by atoms with Gasteiger partial charge in [-0.05, 0) is 25.3 Å². The van der Waals surface area contributed by atoms with Crippen LogP contribution in [0, 0.1) is 5.92 Å². The molecule has 0 radical (unpaired) electrons. The third-order valence-electron chi connectivity index (χ3n) is 2.65. The summed E-state index contributed by atoms with van der Waals surface area (Å²) in [6.45, 7) is 5.63. The van der Waals surface area contributed by atoms with Gasteiger partial charge in [-0.1, -0.05) is 13.8 Å². The van der Waals surface area contributed by atoms with Gasteiger partial charge >= 0.3 is 5.97 Å². The van der Waals surface area contributed by atoms with Gasteiger partial charge in [-0.25, -0.2) is 0 Å². The summed E-state index contributed by atoms with van der Waals surface area (Å²) in [5.41, 5.74) is 0.615. The summed E-state index contributed by atoms with van der Waals surface area (Å²) in [5.74, 6) is -1.06. The lowest BCUT2D eigenvalue weighted by atomic mass is 10.1. The molecule has 1 unspecified atom stereocenters. The number of rotatable bonds is 6. The van der Waals surface area contributed by atoms with Gasteiger partial charge in [0.2, 0.25) is 5.56 Å². The number of amides is 1. The highest BCUT2D eigenvalue weighted by molar-refractivity contribution is 5.94. The van der Waals surface area contributed by atoms with Gasteiger partial charge in [0.1, 0.15) is 0 Å². The minimum atomic E-state index is -0.982. The number of carbonyl (C=O) groups excluding carboxylic acids is 1. The van der Waals surface area contributed by atoms with E-state index in [-0.39, 0.29) is 17.5 Å². The molecule has 0 bridgehead atoms. The van der Waals surface area contributed by atoms with Crippen LogP contribution in [0.5, 0.6) is 0 Å². The maximum absolute atomic E-state index is 12.0. The lowest BCUT2D eigenvalue weighted by Gasteiger charge is -2.12. The molecule has 0 aliphatic rings. The predicted octanol–water partition coefficient (Wildman–Crippen LogP) is 1.17. The van der Waals surface area contributed by atoms with Crippen LogP contribution in [-0.4, -0.2) is 28.0 Å². The first kappa shape index (κ1) is 15.9. The zero-order valence-corrected chi connectivity index (χ0v) is 11.9. The molecule has 110 valence electrons. The molecular formula is C14H20N2O4. The average molecular weight is 280 g/mol. The Morgan fingerprint density at radius 1 is 1.30 bits per heavy atom. The highest BCUT2D eigenvalue weighted by Gasteiger charge is 2.14. The van der Waals surface area contributed by atoms with Gasteiger partial charge in [0.05, 0.1) is 6.42 Å². The Kier molecular flexibility index (Phi) is 5.49. The van der Waals surface area contributed by atoms with E-state index in [0.29, 0.717) is 18.0 Å². The summed E-state index contributed by atoms with van der Waals surface area (Å²) >= 11 is 0. The van der Waals surface area contributed by atoms with Gasteiger partial charge in [-0.3, -0.25) is 14.4 Å². The number of carboxylic acids is 1. The maximum Gasteiger partial charge on any atom is 0.305 e. The minimum Gasteiger partial charge on any atom is -0.481 e. The van der Waals surface area contributed by atoms with Crippen molar-refractivity contribution in [2.24, 2.45) is 5.92 Å². The van der Waals surface area contributed by atoms with Crippen molar-refractivity contribution in [2.45, 2.75) is 39.7 Å². The Hall–Kier alpha value is -2.11. The Labute approximate surface area is 117 Å². The molecule has 1 aromatic rings. The van der Waals surface area contributed by atoms with Gasteiger partial charge in [-0.2, -0.15) is 0 Å². The number of hydrogen-bond acceptors (Lipinski definition) is 3. The number of aromatic amines is 1. The number of hydrogen-bond donors (Lipinski definition) is 3. The Bertz CT molecular complexity index is 548. The van der Waals surface area contributed by atoms with E-state index in [9.17, 15) is 14.4 Å². The molecule has 6 heteroatoms. The first-order valence-corrected chi connectivity index (χ1v) is 6.54. The van der Waals surface area contributed by atoms with Crippen LogP contribution in [0.4, 0.5) is 0 Å². The average Bonchev–Trinajstić information content (AvgIpc) is 2.25. The molecule has 0 saturated heterocycles. The number of carboxylic acid groups (broad SMARTS) is 1. The van der Waals surface area contributed by atoms with Gasteiger partial charge in [0.25, 0.3) is 5.91 Å². The Morgan fingerprint density at radius 3 is 2.50 bits per heavy atom. The summed E-state index contributed by atoms with van der Waals surface area (Å²) in [6, 6.07) is 2.35. The standard InChI is InChI=1S/C14H20N2O4/c1-8(2)4-11-6-10(7-12(17)16-11)14(20)15-9(3)5-13(18)19/h6-9H,4-5H2,1-3H3,(H,15,20)(H,16,17)(H,18,19). The van der Waals surface area contributed by atoms with Crippen LogP contribution in [0.25, 0.3) is 0 Å². The minimum absolute atomic E-state index is 0.159. The molecule has 1 aromatic heterocycles. The van der Waals surface area contributed by atoms with Crippen molar-refractivity contribution in [1.29, 1.82) is 0 Å². The maximum atomic E-state index is 12.0. The lowest BCUT2D eigenvalue weighted by Crippen LogP contribution is -2.34. The van der Waals surface area contributed by atoms with Crippen LogP contribution in [0.15, 0.2) is 16.9 Å². The van der Waals surface area contributed by atoms with Crippen molar-refractivity contribution >= 4 is 11.9 Å². The van der Waals surface area contributed by atoms with Gasteiger partial charge in [0.15, 0.2) is 0 Å². The first-order valence-electron chi connectivity index (χ1n) is 6.54. The first-order chi connectivity index (χ1) is 9.27. The SMILES string of the molecule is CC(C)Cc1cc(C(=O)NC(C)CC(=O)O)cc(=O)[nH]1. The fourth-order valence-corrected chi connectivity index (χ4v) is 1.90. The highest BCUT2D eigenvalue weighted by atomic mass is 16.4. The topological polar surface area (TPSA) is 99.3 Å². The second-order valence-electron chi connectivity index (χ2n) is 5.33. The van der Waals surface area contributed by atoms with E-state index in [0.717, 1.165) is 0 Å². The van der Waals surface area contributed by atoms with E-state index in [1.165, 1.54) is 6.07 Å². The molecule has 1 heterocycles. The Balaban J connectivity index is 2.84. The molecule has 0 saturated carbocycles.